The van der Waals surface area contributed by atoms with Gasteiger partial charge in [-0.1, -0.05) is 29.8 Å². The summed E-state index contributed by atoms with van der Waals surface area (Å²) in [7, 11) is 0. The van der Waals surface area contributed by atoms with Gasteiger partial charge in [-0.3, -0.25) is 9.69 Å². The Morgan fingerprint density at radius 2 is 1.90 bits per heavy atom. The van der Waals surface area contributed by atoms with Gasteiger partial charge < -0.3 is 15.4 Å². The van der Waals surface area contributed by atoms with Crippen LogP contribution in [0.1, 0.15) is 39.2 Å². The fraction of sp³-hybridized carbons (Fsp3) is 0.500. The highest BCUT2D eigenvalue weighted by Gasteiger charge is 2.24. The van der Waals surface area contributed by atoms with Crippen molar-refractivity contribution in [2.45, 2.75) is 51.8 Å². The molecule has 0 bridgehead atoms. The van der Waals surface area contributed by atoms with Crippen molar-refractivity contribution in [2.75, 3.05) is 25.0 Å². The first-order valence-corrected chi connectivity index (χ1v) is 10.8. The molecule has 0 radical (unpaired) electrons. The molecule has 3 rings (SSSR count). The monoisotopic (exact) mass is 447 g/mol. The average molecular weight is 448 g/mol. The van der Waals surface area contributed by atoms with Crippen LogP contribution in [-0.4, -0.2) is 58.0 Å². The highest BCUT2D eigenvalue weighted by Crippen LogP contribution is 2.18. The van der Waals surface area contributed by atoms with E-state index in [1.807, 2.05) is 45.0 Å². The maximum atomic E-state index is 12.6. The molecular weight excluding hydrogens is 418 g/mol. The second kappa shape index (κ2) is 10.2. The van der Waals surface area contributed by atoms with E-state index in [1.54, 1.807) is 16.9 Å². The van der Waals surface area contributed by atoms with E-state index in [1.165, 1.54) is 0 Å². The molecule has 2 amide bonds. The van der Waals surface area contributed by atoms with Crippen molar-refractivity contribution in [1.29, 1.82) is 0 Å². The second-order valence-corrected chi connectivity index (χ2v) is 9.12. The minimum Gasteiger partial charge on any atom is -0.444 e. The number of hydrogen-bond acceptors (Lipinski definition) is 5. The number of rotatable bonds is 6. The van der Waals surface area contributed by atoms with Crippen molar-refractivity contribution in [3.8, 4) is 0 Å². The van der Waals surface area contributed by atoms with Gasteiger partial charge in [0.2, 0.25) is 5.91 Å². The van der Waals surface area contributed by atoms with Crippen LogP contribution in [-0.2, 0) is 16.1 Å². The van der Waals surface area contributed by atoms with Crippen LogP contribution in [0, 0.1) is 0 Å². The van der Waals surface area contributed by atoms with Crippen molar-refractivity contribution in [3.63, 3.8) is 0 Å². The quantitative estimate of drug-likeness (QED) is 0.707. The molecule has 1 aliphatic heterocycles. The topological polar surface area (TPSA) is 88.5 Å². The Morgan fingerprint density at radius 1 is 1.19 bits per heavy atom. The lowest BCUT2D eigenvalue weighted by molar-refractivity contribution is -0.117. The molecule has 2 heterocycles. The Balaban J connectivity index is 1.45. The summed E-state index contributed by atoms with van der Waals surface area (Å²) < 4.78 is 7.03. The van der Waals surface area contributed by atoms with E-state index in [2.05, 4.69) is 20.6 Å². The smallest absolute Gasteiger partial charge is 0.407 e. The van der Waals surface area contributed by atoms with Gasteiger partial charge in [0, 0.05) is 30.2 Å². The molecule has 9 heteroatoms. The van der Waals surface area contributed by atoms with Crippen molar-refractivity contribution < 1.29 is 14.3 Å². The summed E-state index contributed by atoms with van der Waals surface area (Å²) in [5, 5.41) is 10.8. The molecular formula is C22H30ClN5O3. The lowest BCUT2D eigenvalue weighted by Gasteiger charge is -2.32. The van der Waals surface area contributed by atoms with Crippen LogP contribution in [0.4, 0.5) is 10.6 Å². The first-order valence-electron chi connectivity index (χ1n) is 10.5. The van der Waals surface area contributed by atoms with E-state index in [9.17, 15) is 9.59 Å². The summed E-state index contributed by atoms with van der Waals surface area (Å²) in [6, 6.07) is 9.40. The van der Waals surface area contributed by atoms with Crippen LogP contribution in [0.15, 0.2) is 36.5 Å². The molecule has 0 aliphatic carbocycles. The van der Waals surface area contributed by atoms with E-state index >= 15 is 0 Å². The number of likely N-dealkylation sites (tertiary alicyclic amines) is 1. The lowest BCUT2D eigenvalue weighted by atomic mass is 10.1. The van der Waals surface area contributed by atoms with Gasteiger partial charge in [0.1, 0.15) is 11.4 Å². The van der Waals surface area contributed by atoms with Gasteiger partial charge >= 0.3 is 6.09 Å². The molecule has 1 aromatic carbocycles. The zero-order chi connectivity index (χ0) is 22.4. The molecule has 2 aromatic rings. The molecule has 8 nitrogen and oxygen atoms in total. The predicted molar refractivity (Wildman–Crippen MR) is 120 cm³/mol. The number of carbonyl (C=O) groups is 2. The van der Waals surface area contributed by atoms with Gasteiger partial charge in [-0.25, -0.2) is 9.48 Å². The molecule has 168 valence electrons. The molecule has 1 fully saturated rings. The highest BCUT2D eigenvalue weighted by atomic mass is 35.5. The Labute approximate surface area is 187 Å². The number of benzene rings is 1. The minimum atomic E-state index is -0.513. The van der Waals surface area contributed by atoms with Crippen molar-refractivity contribution in [1.82, 2.24) is 20.0 Å². The highest BCUT2D eigenvalue weighted by molar-refractivity contribution is 6.31. The molecule has 0 saturated carbocycles. The number of amides is 2. The van der Waals surface area contributed by atoms with Crippen LogP contribution < -0.4 is 10.6 Å². The number of alkyl carbamates (subject to hydrolysis) is 1. The fourth-order valence-electron chi connectivity index (χ4n) is 3.45. The van der Waals surface area contributed by atoms with Gasteiger partial charge in [-0.2, -0.15) is 5.10 Å². The van der Waals surface area contributed by atoms with Crippen LogP contribution >= 0.6 is 11.6 Å². The van der Waals surface area contributed by atoms with Gasteiger partial charge in [-0.15, -0.1) is 0 Å². The SMILES string of the molecule is CC(C)(C)OC(=O)NC1CCN(CC(=O)Nc2ccnn2Cc2ccccc2Cl)CC1. The fourth-order valence-corrected chi connectivity index (χ4v) is 3.64. The van der Waals surface area contributed by atoms with E-state index in [4.69, 9.17) is 16.3 Å². The van der Waals surface area contributed by atoms with Gasteiger partial charge in [-0.05, 0) is 45.2 Å². The second-order valence-electron chi connectivity index (χ2n) is 8.71. The van der Waals surface area contributed by atoms with Crippen LogP contribution in [0.3, 0.4) is 0 Å². The van der Waals surface area contributed by atoms with Crippen molar-refractivity contribution in [3.05, 3.63) is 47.1 Å². The number of halogens is 1. The van der Waals surface area contributed by atoms with Gasteiger partial charge in [0.05, 0.1) is 19.3 Å². The third-order valence-electron chi connectivity index (χ3n) is 4.94. The minimum absolute atomic E-state index is 0.0613. The molecule has 31 heavy (non-hydrogen) atoms. The summed E-state index contributed by atoms with van der Waals surface area (Å²) >= 11 is 6.23. The number of hydrogen-bond donors (Lipinski definition) is 2. The molecule has 0 atom stereocenters. The maximum Gasteiger partial charge on any atom is 0.407 e. The summed E-state index contributed by atoms with van der Waals surface area (Å²) in [4.78, 5) is 26.6. The van der Waals surface area contributed by atoms with Gasteiger partial charge in [0.25, 0.3) is 0 Å². The number of nitrogens with one attached hydrogen (secondary N) is 2. The van der Waals surface area contributed by atoms with Crippen LogP contribution in [0.25, 0.3) is 0 Å². The number of ether oxygens (including phenoxy) is 1. The molecule has 1 aliphatic rings. The van der Waals surface area contributed by atoms with E-state index in [0.717, 1.165) is 31.5 Å². The molecule has 1 saturated heterocycles. The molecule has 0 spiro atoms. The number of piperidine rings is 1. The lowest BCUT2D eigenvalue weighted by Crippen LogP contribution is -2.47. The summed E-state index contributed by atoms with van der Waals surface area (Å²) in [5.41, 5.74) is 0.421. The Bertz CT molecular complexity index is 901. The van der Waals surface area contributed by atoms with Crippen LogP contribution in [0.2, 0.25) is 5.02 Å². The third kappa shape index (κ3) is 7.25. The first kappa shape index (κ1) is 23.1. The predicted octanol–water partition coefficient (Wildman–Crippen LogP) is 3.51. The normalized spacial score (nSPS) is 15.5. The van der Waals surface area contributed by atoms with Gasteiger partial charge in [0.15, 0.2) is 0 Å². The number of anilines is 1. The Hall–Kier alpha value is -2.58. The molecule has 2 N–H and O–H groups in total. The summed E-state index contributed by atoms with van der Waals surface area (Å²) in [6.45, 7) is 7.75. The maximum absolute atomic E-state index is 12.6. The number of aromatic nitrogens is 2. The van der Waals surface area contributed by atoms with E-state index < -0.39 is 11.7 Å². The van der Waals surface area contributed by atoms with Crippen molar-refractivity contribution in [2.24, 2.45) is 0 Å². The van der Waals surface area contributed by atoms with E-state index in [-0.39, 0.29) is 18.5 Å². The summed E-state index contributed by atoms with van der Waals surface area (Å²) in [6.07, 6.45) is 2.81. The van der Waals surface area contributed by atoms with Crippen molar-refractivity contribution >= 4 is 29.4 Å². The summed E-state index contributed by atoms with van der Waals surface area (Å²) in [5.74, 6) is 0.533. The first-order chi connectivity index (χ1) is 14.7. The largest absolute Gasteiger partial charge is 0.444 e. The standard InChI is InChI=1S/C22H30ClN5O3/c1-22(2,3)31-21(30)25-17-9-12-27(13-10-17)15-20(29)26-19-8-11-24-28(19)14-16-6-4-5-7-18(16)23/h4-8,11,17H,9-10,12-15H2,1-3H3,(H,25,30)(H,26,29). The number of nitrogens with zero attached hydrogens (tertiary/aromatic N) is 3. The van der Waals surface area contributed by atoms with Crippen LogP contribution in [0.5, 0.6) is 0 Å². The zero-order valence-electron chi connectivity index (χ0n) is 18.2. The molecule has 0 unspecified atom stereocenters. The molecule has 1 aromatic heterocycles. The Kier molecular flexibility index (Phi) is 7.56. The average Bonchev–Trinajstić information content (AvgIpc) is 3.10. The zero-order valence-corrected chi connectivity index (χ0v) is 19.0. The Morgan fingerprint density at radius 3 is 2.58 bits per heavy atom. The number of carbonyl (C=O) groups excluding carboxylic acids is 2. The van der Waals surface area contributed by atoms with E-state index in [0.29, 0.717) is 17.4 Å². The third-order valence-corrected chi connectivity index (χ3v) is 5.31.